The first kappa shape index (κ1) is 14.3. The van der Waals surface area contributed by atoms with Crippen molar-refractivity contribution in [2.24, 2.45) is 7.05 Å². The van der Waals surface area contributed by atoms with E-state index in [1.807, 2.05) is 7.05 Å². The number of nitrogens with one attached hydrogen (secondary N) is 2. The number of rotatable bonds is 5. The molecule has 8 heteroatoms. The minimum absolute atomic E-state index is 0.205. The molecule has 0 bridgehead atoms. The Kier molecular flexibility index (Phi) is 4.52. The Morgan fingerprint density at radius 3 is 2.90 bits per heavy atom. The van der Waals surface area contributed by atoms with Gasteiger partial charge in [0.25, 0.3) is 5.91 Å². The average molecular weight is 295 g/mol. The number of aryl methyl sites for hydroxylation is 1. The van der Waals surface area contributed by atoms with Gasteiger partial charge in [-0.2, -0.15) is 0 Å². The van der Waals surface area contributed by atoms with Gasteiger partial charge >= 0.3 is 0 Å². The summed E-state index contributed by atoms with van der Waals surface area (Å²) in [6.45, 7) is 0.438. The summed E-state index contributed by atoms with van der Waals surface area (Å²) in [5, 5.41) is 13.7. The lowest BCUT2D eigenvalue weighted by Gasteiger charge is -2.07. The largest absolute Gasteiger partial charge is 0.373 e. The number of anilines is 1. The van der Waals surface area contributed by atoms with Crippen molar-refractivity contribution < 1.29 is 4.79 Å². The number of carbonyl (C=O) groups is 1. The van der Waals surface area contributed by atoms with Gasteiger partial charge in [-0.3, -0.25) is 4.79 Å². The molecule has 0 aromatic carbocycles. The zero-order valence-electron chi connectivity index (χ0n) is 11.2. The summed E-state index contributed by atoms with van der Waals surface area (Å²) in [6.07, 6.45) is 2.21. The van der Waals surface area contributed by atoms with Crippen LogP contribution in [0.3, 0.4) is 0 Å². The van der Waals surface area contributed by atoms with Crippen molar-refractivity contribution >= 4 is 23.3 Å². The first-order valence-electron chi connectivity index (χ1n) is 6.07. The van der Waals surface area contributed by atoms with Crippen molar-refractivity contribution in [1.82, 2.24) is 25.1 Å². The summed E-state index contributed by atoms with van der Waals surface area (Å²) >= 11 is 5.97. The standard InChI is InChI=1S/C12H15ClN6O/c1-14-9-4-3-8(13)11(17-9)12(20)15-6-5-10-18-16-7-19(10)2/h3-4,7H,5-6H2,1-2H3,(H,14,17)(H,15,20). The second kappa shape index (κ2) is 6.33. The van der Waals surface area contributed by atoms with Gasteiger partial charge in [0.15, 0.2) is 0 Å². The molecule has 0 atom stereocenters. The zero-order valence-corrected chi connectivity index (χ0v) is 12.0. The molecule has 0 spiro atoms. The van der Waals surface area contributed by atoms with Crippen molar-refractivity contribution in [2.75, 3.05) is 18.9 Å². The molecule has 2 rings (SSSR count). The number of hydrogen-bond acceptors (Lipinski definition) is 5. The highest BCUT2D eigenvalue weighted by Gasteiger charge is 2.13. The van der Waals surface area contributed by atoms with Crippen LogP contribution in [0.4, 0.5) is 5.82 Å². The van der Waals surface area contributed by atoms with E-state index in [1.54, 1.807) is 30.1 Å². The third-order valence-corrected chi connectivity index (χ3v) is 3.06. The molecule has 20 heavy (non-hydrogen) atoms. The van der Waals surface area contributed by atoms with E-state index in [1.165, 1.54) is 0 Å². The Morgan fingerprint density at radius 1 is 1.45 bits per heavy atom. The minimum atomic E-state index is -0.311. The molecule has 0 fully saturated rings. The van der Waals surface area contributed by atoms with E-state index in [4.69, 9.17) is 11.6 Å². The van der Waals surface area contributed by atoms with E-state index in [0.29, 0.717) is 23.8 Å². The lowest BCUT2D eigenvalue weighted by Crippen LogP contribution is -2.27. The van der Waals surface area contributed by atoms with Gasteiger partial charge in [-0.1, -0.05) is 11.6 Å². The fourth-order valence-electron chi connectivity index (χ4n) is 1.65. The molecule has 0 aliphatic carbocycles. The molecule has 7 nitrogen and oxygen atoms in total. The average Bonchev–Trinajstić information content (AvgIpc) is 2.85. The maximum absolute atomic E-state index is 12.0. The fourth-order valence-corrected chi connectivity index (χ4v) is 1.84. The van der Waals surface area contributed by atoms with Crippen LogP contribution in [0.1, 0.15) is 16.3 Å². The minimum Gasteiger partial charge on any atom is -0.373 e. The van der Waals surface area contributed by atoms with Crippen LogP contribution in [0.25, 0.3) is 0 Å². The maximum atomic E-state index is 12.0. The molecule has 2 N–H and O–H groups in total. The van der Waals surface area contributed by atoms with Gasteiger partial charge in [-0.15, -0.1) is 10.2 Å². The second-order valence-corrected chi connectivity index (χ2v) is 4.55. The molecule has 0 saturated carbocycles. The summed E-state index contributed by atoms with van der Waals surface area (Å²) in [6, 6.07) is 3.34. The highest BCUT2D eigenvalue weighted by atomic mass is 35.5. The normalized spacial score (nSPS) is 10.3. The molecule has 2 aromatic heterocycles. The van der Waals surface area contributed by atoms with Gasteiger partial charge in [0.05, 0.1) is 5.02 Å². The van der Waals surface area contributed by atoms with Crippen LogP contribution in [0.15, 0.2) is 18.5 Å². The maximum Gasteiger partial charge on any atom is 0.271 e. The zero-order chi connectivity index (χ0) is 14.5. The lowest BCUT2D eigenvalue weighted by molar-refractivity contribution is 0.0949. The number of aromatic nitrogens is 4. The first-order chi connectivity index (χ1) is 9.61. The SMILES string of the molecule is CNc1ccc(Cl)c(C(=O)NCCc2nncn2C)n1. The quantitative estimate of drug-likeness (QED) is 0.855. The summed E-state index contributed by atoms with van der Waals surface area (Å²) in [5.41, 5.74) is 0.205. The molecule has 0 radical (unpaired) electrons. The second-order valence-electron chi connectivity index (χ2n) is 4.14. The van der Waals surface area contributed by atoms with Gasteiger partial charge in [-0.05, 0) is 12.1 Å². The number of pyridine rings is 1. The smallest absolute Gasteiger partial charge is 0.271 e. The molecule has 0 saturated heterocycles. The Labute approximate surface area is 121 Å². The van der Waals surface area contributed by atoms with Crippen LogP contribution in [0.5, 0.6) is 0 Å². The van der Waals surface area contributed by atoms with Crippen LogP contribution in [-0.4, -0.2) is 39.2 Å². The topological polar surface area (TPSA) is 84.7 Å². The van der Waals surface area contributed by atoms with E-state index >= 15 is 0 Å². The molecular formula is C12H15ClN6O. The van der Waals surface area contributed by atoms with Gasteiger partial charge in [0, 0.05) is 27.1 Å². The van der Waals surface area contributed by atoms with E-state index < -0.39 is 0 Å². The van der Waals surface area contributed by atoms with E-state index in [9.17, 15) is 4.79 Å². The van der Waals surface area contributed by atoms with Crippen LogP contribution in [-0.2, 0) is 13.5 Å². The van der Waals surface area contributed by atoms with Gasteiger partial charge in [-0.25, -0.2) is 4.98 Å². The van der Waals surface area contributed by atoms with Crippen molar-refractivity contribution in [1.29, 1.82) is 0 Å². The van der Waals surface area contributed by atoms with Crippen LogP contribution >= 0.6 is 11.6 Å². The number of nitrogens with zero attached hydrogens (tertiary/aromatic N) is 4. The molecule has 0 aliphatic heterocycles. The van der Waals surface area contributed by atoms with Crippen LogP contribution < -0.4 is 10.6 Å². The molecule has 1 amide bonds. The van der Waals surface area contributed by atoms with Crippen molar-refractivity contribution in [3.8, 4) is 0 Å². The summed E-state index contributed by atoms with van der Waals surface area (Å²) < 4.78 is 1.80. The molecule has 2 heterocycles. The highest BCUT2D eigenvalue weighted by Crippen LogP contribution is 2.16. The molecular weight excluding hydrogens is 280 g/mol. The Hall–Kier alpha value is -2.15. The van der Waals surface area contributed by atoms with Gasteiger partial charge < -0.3 is 15.2 Å². The molecule has 2 aromatic rings. The number of amides is 1. The van der Waals surface area contributed by atoms with Crippen LogP contribution in [0, 0.1) is 0 Å². The monoisotopic (exact) mass is 294 g/mol. The summed E-state index contributed by atoms with van der Waals surface area (Å²) in [5.74, 6) is 1.08. The third-order valence-electron chi connectivity index (χ3n) is 2.76. The summed E-state index contributed by atoms with van der Waals surface area (Å²) in [7, 11) is 3.58. The van der Waals surface area contributed by atoms with E-state index in [-0.39, 0.29) is 11.6 Å². The van der Waals surface area contributed by atoms with Crippen molar-refractivity contribution in [3.05, 3.63) is 35.0 Å². The lowest BCUT2D eigenvalue weighted by atomic mass is 10.3. The molecule has 0 unspecified atom stereocenters. The third kappa shape index (κ3) is 3.24. The van der Waals surface area contributed by atoms with Crippen molar-refractivity contribution in [3.63, 3.8) is 0 Å². The fraction of sp³-hybridized carbons (Fsp3) is 0.333. The van der Waals surface area contributed by atoms with Crippen LogP contribution in [0.2, 0.25) is 5.02 Å². The Balaban J connectivity index is 1.96. The van der Waals surface area contributed by atoms with Crippen molar-refractivity contribution in [2.45, 2.75) is 6.42 Å². The number of hydrogen-bond donors (Lipinski definition) is 2. The summed E-state index contributed by atoms with van der Waals surface area (Å²) in [4.78, 5) is 16.2. The number of halogens is 1. The number of carbonyl (C=O) groups excluding carboxylic acids is 1. The molecule has 106 valence electrons. The Morgan fingerprint density at radius 2 is 2.25 bits per heavy atom. The van der Waals surface area contributed by atoms with Gasteiger partial charge in [0.1, 0.15) is 23.7 Å². The Bertz CT molecular complexity index is 612. The predicted molar refractivity (Wildman–Crippen MR) is 75.8 cm³/mol. The molecule has 0 aliphatic rings. The first-order valence-corrected chi connectivity index (χ1v) is 6.45. The van der Waals surface area contributed by atoms with E-state index in [2.05, 4.69) is 25.8 Å². The predicted octanol–water partition coefficient (Wildman–Crippen LogP) is 0.878. The highest BCUT2D eigenvalue weighted by molar-refractivity contribution is 6.33. The van der Waals surface area contributed by atoms with E-state index in [0.717, 1.165) is 5.82 Å². The van der Waals surface area contributed by atoms with Gasteiger partial charge in [0.2, 0.25) is 0 Å².